The predicted octanol–water partition coefficient (Wildman–Crippen LogP) is 0.825. The Morgan fingerprint density at radius 1 is 1.29 bits per heavy atom. The zero-order chi connectivity index (χ0) is 15.2. The van der Waals surface area contributed by atoms with Crippen LogP contribution in [0.3, 0.4) is 0 Å². The number of piperidine rings is 1. The molecule has 1 aliphatic heterocycles. The Kier molecular flexibility index (Phi) is 5.59. The van der Waals surface area contributed by atoms with E-state index in [-0.39, 0.29) is 12.0 Å². The SMILES string of the molecule is CN(C)c1ccc(CNC(=O)CN2CCC(O)CC2)cc1. The van der Waals surface area contributed by atoms with Gasteiger partial charge in [0.05, 0.1) is 12.6 Å². The molecule has 5 heteroatoms. The normalized spacial score (nSPS) is 16.7. The van der Waals surface area contributed by atoms with Crippen LogP contribution in [0, 0.1) is 0 Å². The van der Waals surface area contributed by atoms with Gasteiger partial charge in [-0.25, -0.2) is 0 Å². The monoisotopic (exact) mass is 291 g/mol. The molecule has 1 saturated heterocycles. The van der Waals surface area contributed by atoms with Crippen LogP contribution in [0.2, 0.25) is 0 Å². The zero-order valence-corrected chi connectivity index (χ0v) is 12.9. The van der Waals surface area contributed by atoms with Gasteiger partial charge in [-0.1, -0.05) is 12.1 Å². The smallest absolute Gasteiger partial charge is 0.234 e. The number of benzene rings is 1. The minimum Gasteiger partial charge on any atom is -0.393 e. The number of carbonyl (C=O) groups excluding carboxylic acids is 1. The van der Waals surface area contributed by atoms with Crippen molar-refractivity contribution in [1.29, 1.82) is 0 Å². The number of carbonyl (C=O) groups is 1. The van der Waals surface area contributed by atoms with Gasteiger partial charge in [0.1, 0.15) is 0 Å². The molecule has 1 heterocycles. The molecule has 5 nitrogen and oxygen atoms in total. The highest BCUT2D eigenvalue weighted by Crippen LogP contribution is 2.12. The highest BCUT2D eigenvalue weighted by molar-refractivity contribution is 5.78. The summed E-state index contributed by atoms with van der Waals surface area (Å²) in [5, 5.41) is 12.4. The molecular formula is C16H25N3O2. The minimum absolute atomic E-state index is 0.0445. The van der Waals surface area contributed by atoms with Crippen molar-refractivity contribution in [3.05, 3.63) is 29.8 Å². The average molecular weight is 291 g/mol. The zero-order valence-electron chi connectivity index (χ0n) is 12.9. The molecular weight excluding hydrogens is 266 g/mol. The maximum absolute atomic E-state index is 11.9. The number of hydrogen-bond donors (Lipinski definition) is 2. The Labute approximate surface area is 126 Å². The average Bonchev–Trinajstić information content (AvgIpc) is 2.48. The number of anilines is 1. The highest BCUT2D eigenvalue weighted by atomic mass is 16.3. The van der Waals surface area contributed by atoms with Gasteiger partial charge in [-0.05, 0) is 30.5 Å². The molecule has 0 aromatic heterocycles. The lowest BCUT2D eigenvalue weighted by molar-refractivity contribution is -0.122. The van der Waals surface area contributed by atoms with Gasteiger partial charge in [0.2, 0.25) is 5.91 Å². The van der Waals surface area contributed by atoms with Gasteiger partial charge in [-0.2, -0.15) is 0 Å². The van der Waals surface area contributed by atoms with E-state index >= 15 is 0 Å². The molecule has 1 amide bonds. The van der Waals surface area contributed by atoms with E-state index in [9.17, 15) is 9.90 Å². The van der Waals surface area contributed by atoms with Crippen molar-refractivity contribution in [2.24, 2.45) is 0 Å². The van der Waals surface area contributed by atoms with E-state index in [1.807, 2.05) is 43.3 Å². The maximum atomic E-state index is 11.9. The molecule has 0 atom stereocenters. The van der Waals surface area contributed by atoms with Crippen molar-refractivity contribution in [3.63, 3.8) is 0 Å². The topological polar surface area (TPSA) is 55.8 Å². The summed E-state index contributed by atoms with van der Waals surface area (Å²) in [6.07, 6.45) is 1.33. The van der Waals surface area contributed by atoms with E-state index < -0.39 is 0 Å². The van der Waals surface area contributed by atoms with Crippen molar-refractivity contribution >= 4 is 11.6 Å². The van der Waals surface area contributed by atoms with Crippen LogP contribution in [-0.4, -0.2) is 55.7 Å². The summed E-state index contributed by atoms with van der Waals surface area (Å²) in [4.78, 5) is 16.1. The van der Waals surface area contributed by atoms with Crippen molar-refractivity contribution in [1.82, 2.24) is 10.2 Å². The minimum atomic E-state index is -0.195. The van der Waals surface area contributed by atoms with Crippen LogP contribution in [0.15, 0.2) is 24.3 Å². The lowest BCUT2D eigenvalue weighted by atomic mass is 10.1. The third kappa shape index (κ3) is 5.02. The molecule has 1 fully saturated rings. The number of likely N-dealkylation sites (tertiary alicyclic amines) is 1. The van der Waals surface area contributed by atoms with Crippen molar-refractivity contribution in [2.45, 2.75) is 25.5 Å². The third-order valence-electron chi connectivity index (χ3n) is 3.87. The summed E-state index contributed by atoms with van der Waals surface area (Å²) >= 11 is 0. The standard InChI is InChI=1S/C16H25N3O2/c1-18(2)14-5-3-13(4-6-14)11-17-16(21)12-19-9-7-15(20)8-10-19/h3-6,15,20H,7-12H2,1-2H3,(H,17,21). The van der Waals surface area contributed by atoms with Crippen LogP contribution in [0.4, 0.5) is 5.69 Å². The first kappa shape index (κ1) is 15.8. The van der Waals surface area contributed by atoms with Crippen LogP contribution in [0.5, 0.6) is 0 Å². The van der Waals surface area contributed by atoms with Gasteiger partial charge < -0.3 is 15.3 Å². The summed E-state index contributed by atoms with van der Waals surface area (Å²) in [6.45, 7) is 2.57. The van der Waals surface area contributed by atoms with Crippen molar-refractivity contribution in [2.75, 3.05) is 38.6 Å². The maximum Gasteiger partial charge on any atom is 0.234 e. The number of aliphatic hydroxyl groups excluding tert-OH is 1. The lowest BCUT2D eigenvalue weighted by Crippen LogP contribution is -2.42. The third-order valence-corrected chi connectivity index (χ3v) is 3.87. The largest absolute Gasteiger partial charge is 0.393 e. The van der Waals surface area contributed by atoms with Crippen LogP contribution < -0.4 is 10.2 Å². The van der Waals surface area contributed by atoms with E-state index in [0.29, 0.717) is 13.1 Å². The summed E-state index contributed by atoms with van der Waals surface area (Å²) in [5.41, 5.74) is 2.25. The number of nitrogens with zero attached hydrogens (tertiary/aromatic N) is 2. The highest BCUT2D eigenvalue weighted by Gasteiger charge is 2.18. The Hall–Kier alpha value is -1.59. The Morgan fingerprint density at radius 3 is 2.48 bits per heavy atom. The second kappa shape index (κ2) is 7.43. The first-order chi connectivity index (χ1) is 10.0. The van der Waals surface area contributed by atoms with Crippen LogP contribution in [0.25, 0.3) is 0 Å². The van der Waals surface area contributed by atoms with Gasteiger partial charge in [-0.3, -0.25) is 9.69 Å². The van der Waals surface area contributed by atoms with Crippen LogP contribution in [0.1, 0.15) is 18.4 Å². The Balaban J connectivity index is 1.73. The van der Waals surface area contributed by atoms with Crippen LogP contribution in [-0.2, 0) is 11.3 Å². The molecule has 1 aliphatic rings. The number of aliphatic hydroxyl groups is 1. The number of amides is 1. The molecule has 0 aliphatic carbocycles. The molecule has 0 radical (unpaired) electrons. The molecule has 116 valence electrons. The Morgan fingerprint density at radius 2 is 1.90 bits per heavy atom. The van der Waals surface area contributed by atoms with Gasteiger partial charge in [0, 0.05) is 39.4 Å². The van der Waals surface area contributed by atoms with E-state index in [1.165, 1.54) is 0 Å². The molecule has 0 unspecified atom stereocenters. The summed E-state index contributed by atoms with van der Waals surface area (Å²) in [7, 11) is 4.01. The number of nitrogens with one attached hydrogen (secondary N) is 1. The van der Waals surface area contributed by atoms with E-state index in [4.69, 9.17) is 0 Å². The summed E-state index contributed by atoms with van der Waals surface area (Å²) in [5.74, 6) is 0.0445. The number of rotatable bonds is 5. The molecule has 0 saturated carbocycles. The fourth-order valence-corrected chi connectivity index (χ4v) is 2.45. The second-order valence-electron chi connectivity index (χ2n) is 5.84. The fourth-order valence-electron chi connectivity index (χ4n) is 2.45. The molecule has 1 aromatic carbocycles. The number of hydrogen-bond acceptors (Lipinski definition) is 4. The van der Waals surface area contributed by atoms with E-state index in [1.54, 1.807) is 0 Å². The summed E-state index contributed by atoms with van der Waals surface area (Å²) < 4.78 is 0. The second-order valence-corrected chi connectivity index (χ2v) is 5.84. The first-order valence-electron chi connectivity index (χ1n) is 7.48. The van der Waals surface area contributed by atoms with Crippen LogP contribution >= 0.6 is 0 Å². The van der Waals surface area contributed by atoms with Gasteiger partial charge in [0.25, 0.3) is 0 Å². The molecule has 0 bridgehead atoms. The summed E-state index contributed by atoms with van der Waals surface area (Å²) in [6, 6.07) is 8.17. The Bertz CT molecular complexity index is 451. The molecule has 1 aromatic rings. The quantitative estimate of drug-likeness (QED) is 0.843. The molecule has 21 heavy (non-hydrogen) atoms. The van der Waals surface area contributed by atoms with E-state index in [0.717, 1.165) is 37.2 Å². The lowest BCUT2D eigenvalue weighted by Gasteiger charge is -2.28. The fraction of sp³-hybridized carbons (Fsp3) is 0.562. The first-order valence-corrected chi connectivity index (χ1v) is 7.48. The van der Waals surface area contributed by atoms with Gasteiger partial charge >= 0.3 is 0 Å². The van der Waals surface area contributed by atoms with Gasteiger partial charge in [-0.15, -0.1) is 0 Å². The van der Waals surface area contributed by atoms with Crippen molar-refractivity contribution < 1.29 is 9.90 Å². The molecule has 2 N–H and O–H groups in total. The molecule has 2 rings (SSSR count). The van der Waals surface area contributed by atoms with Gasteiger partial charge in [0.15, 0.2) is 0 Å². The van der Waals surface area contributed by atoms with E-state index in [2.05, 4.69) is 10.2 Å². The van der Waals surface area contributed by atoms with Crippen molar-refractivity contribution in [3.8, 4) is 0 Å². The molecule has 0 spiro atoms. The predicted molar refractivity (Wildman–Crippen MR) is 84.3 cm³/mol.